The van der Waals surface area contributed by atoms with Crippen molar-refractivity contribution in [2.45, 2.75) is 24.6 Å². The molecule has 0 saturated heterocycles. The van der Waals surface area contributed by atoms with Crippen LogP contribution in [0, 0.1) is 0 Å². The number of alkyl halides is 1. The Kier molecular flexibility index (Phi) is 6.15. The van der Waals surface area contributed by atoms with Crippen LogP contribution in [0.5, 0.6) is 5.75 Å². The molecule has 3 rings (SSSR count). The van der Waals surface area contributed by atoms with Crippen LogP contribution in [0.25, 0.3) is 21.8 Å². The number of ether oxygens (including phenoxy) is 1. The summed E-state index contributed by atoms with van der Waals surface area (Å²) in [6, 6.07) is 11.6. The van der Waals surface area contributed by atoms with Crippen LogP contribution in [0.3, 0.4) is 0 Å². The van der Waals surface area contributed by atoms with E-state index < -0.39 is 0 Å². The number of aromatic nitrogens is 1. The highest BCUT2D eigenvalue weighted by atomic mass is 35.5. The summed E-state index contributed by atoms with van der Waals surface area (Å²) >= 11 is 16.6. The zero-order valence-electron chi connectivity index (χ0n) is 13.9. The van der Waals surface area contributed by atoms with E-state index in [0.717, 1.165) is 52.5 Å². The molecule has 0 saturated carbocycles. The first kappa shape index (κ1) is 18.4. The van der Waals surface area contributed by atoms with Crippen LogP contribution in [0.15, 0.2) is 36.4 Å². The molecule has 1 unspecified atom stereocenters. The van der Waals surface area contributed by atoms with Crippen LogP contribution >= 0.6 is 35.8 Å². The van der Waals surface area contributed by atoms with E-state index in [1.54, 1.807) is 7.11 Å². The number of rotatable bonds is 7. The summed E-state index contributed by atoms with van der Waals surface area (Å²) in [6.45, 7) is 0. The molecule has 1 atom stereocenters. The summed E-state index contributed by atoms with van der Waals surface area (Å²) in [5, 5.41) is 6.26. The molecule has 3 aromatic rings. The lowest BCUT2D eigenvalue weighted by Gasteiger charge is -2.18. The molecule has 1 heterocycles. The zero-order valence-corrected chi connectivity index (χ0v) is 16.3. The third-order valence-electron chi connectivity index (χ3n) is 4.12. The van der Waals surface area contributed by atoms with Gasteiger partial charge in [-0.3, -0.25) is 0 Å². The lowest BCUT2D eigenvalue weighted by molar-refractivity contribution is 0.415. The van der Waals surface area contributed by atoms with Crippen LogP contribution in [0.2, 0.25) is 5.02 Å². The summed E-state index contributed by atoms with van der Waals surface area (Å²) in [6.07, 6.45) is 2.95. The van der Waals surface area contributed by atoms with Crippen molar-refractivity contribution in [3.8, 4) is 5.75 Å². The van der Waals surface area contributed by atoms with Crippen LogP contribution in [-0.2, 0) is 0 Å². The fourth-order valence-corrected chi connectivity index (χ4v) is 3.52. The highest BCUT2D eigenvalue weighted by Crippen LogP contribution is 2.35. The van der Waals surface area contributed by atoms with E-state index in [1.165, 1.54) is 0 Å². The van der Waals surface area contributed by atoms with Crippen molar-refractivity contribution >= 4 is 63.3 Å². The number of pyridine rings is 1. The van der Waals surface area contributed by atoms with Crippen LogP contribution < -0.4 is 10.1 Å². The fraction of sp³-hybridized carbons (Fsp3) is 0.316. The van der Waals surface area contributed by atoms with E-state index in [2.05, 4.69) is 5.32 Å². The van der Waals surface area contributed by atoms with E-state index in [-0.39, 0.29) is 5.37 Å². The second-order valence-corrected chi connectivity index (χ2v) is 7.31. The Bertz CT molecular complexity index is 888. The molecule has 0 amide bonds. The summed E-state index contributed by atoms with van der Waals surface area (Å²) in [4.78, 5) is 4.73. The maximum Gasteiger partial charge on any atom is 0.119 e. The standard InChI is InChI=1S/C19H20Cl2N2OS/c1-24-13-6-8-16-15(11-13)19(23-18(25)4-2-3-9-20)14-7-5-12(21)10-17(14)22-16/h5-8,10-11,18,25H,2-4,9H2,1H3,(H,22,23). The number of anilines is 1. The van der Waals surface area contributed by atoms with Crippen LogP contribution in [-0.4, -0.2) is 23.3 Å². The predicted molar refractivity (Wildman–Crippen MR) is 112 cm³/mol. The average Bonchev–Trinajstić information content (AvgIpc) is 2.61. The second kappa shape index (κ2) is 8.35. The molecule has 0 aliphatic rings. The molecule has 1 aromatic heterocycles. The third-order valence-corrected chi connectivity index (χ3v) is 5.00. The van der Waals surface area contributed by atoms with Crippen molar-refractivity contribution in [3.63, 3.8) is 0 Å². The van der Waals surface area contributed by atoms with Crippen molar-refractivity contribution < 1.29 is 4.74 Å². The Morgan fingerprint density at radius 3 is 2.72 bits per heavy atom. The van der Waals surface area contributed by atoms with Crippen molar-refractivity contribution in [2.24, 2.45) is 0 Å². The Labute approximate surface area is 163 Å². The van der Waals surface area contributed by atoms with Crippen molar-refractivity contribution in [1.29, 1.82) is 0 Å². The molecular formula is C19H20Cl2N2OS. The molecule has 0 aliphatic carbocycles. The van der Waals surface area contributed by atoms with Crippen molar-refractivity contribution in [2.75, 3.05) is 18.3 Å². The molecule has 3 nitrogen and oxygen atoms in total. The number of hydrogen-bond acceptors (Lipinski definition) is 4. The van der Waals surface area contributed by atoms with Crippen molar-refractivity contribution in [3.05, 3.63) is 41.4 Å². The van der Waals surface area contributed by atoms with Gasteiger partial charge >= 0.3 is 0 Å². The highest BCUT2D eigenvalue weighted by molar-refractivity contribution is 7.81. The van der Waals surface area contributed by atoms with Gasteiger partial charge in [0.15, 0.2) is 0 Å². The normalized spacial score (nSPS) is 12.5. The van der Waals surface area contributed by atoms with E-state index in [4.69, 9.17) is 45.6 Å². The lowest BCUT2D eigenvalue weighted by atomic mass is 10.1. The van der Waals surface area contributed by atoms with Crippen LogP contribution in [0.1, 0.15) is 19.3 Å². The number of unbranched alkanes of at least 4 members (excludes halogenated alkanes) is 1. The molecule has 0 spiro atoms. The van der Waals surface area contributed by atoms with Gasteiger partial charge in [-0.1, -0.05) is 11.6 Å². The summed E-state index contributed by atoms with van der Waals surface area (Å²) in [5.41, 5.74) is 2.75. The maximum absolute atomic E-state index is 6.15. The van der Waals surface area contributed by atoms with Gasteiger partial charge in [-0.15, -0.1) is 11.6 Å². The van der Waals surface area contributed by atoms with E-state index >= 15 is 0 Å². The smallest absolute Gasteiger partial charge is 0.119 e. The number of halogens is 2. The van der Waals surface area contributed by atoms with Crippen LogP contribution in [0.4, 0.5) is 5.69 Å². The van der Waals surface area contributed by atoms with Gasteiger partial charge in [-0.05, 0) is 55.7 Å². The summed E-state index contributed by atoms with van der Waals surface area (Å²) in [5.74, 6) is 1.47. The first-order valence-corrected chi connectivity index (χ1v) is 9.63. The molecule has 2 aromatic carbocycles. The molecule has 132 valence electrons. The minimum Gasteiger partial charge on any atom is -0.497 e. The average molecular weight is 395 g/mol. The molecular weight excluding hydrogens is 375 g/mol. The molecule has 1 N–H and O–H groups in total. The second-order valence-electron chi connectivity index (χ2n) is 5.88. The topological polar surface area (TPSA) is 34.1 Å². The minimum absolute atomic E-state index is 0.0268. The fourth-order valence-electron chi connectivity index (χ4n) is 2.85. The van der Waals surface area contributed by atoms with Crippen molar-refractivity contribution in [1.82, 2.24) is 4.98 Å². The summed E-state index contributed by atoms with van der Waals surface area (Å²) in [7, 11) is 1.66. The molecule has 25 heavy (non-hydrogen) atoms. The number of benzene rings is 2. The largest absolute Gasteiger partial charge is 0.497 e. The number of methoxy groups -OCH3 is 1. The van der Waals surface area contributed by atoms with Gasteiger partial charge in [0.2, 0.25) is 0 Å². The predicted octanol–water partition coefficient (Wildman–Crippen LogP) is 6.13. The lowest BCUT2D eigenvalue weighted by Crippen LogP contribution is -2.13. The number of hydrogen-bond donors (Lipinski definition) is 2. The number of nitrogens with zero attached hydrogens (tertiary/aromatic N) is 1. The third kappa shape index (κ3) is 4.25. The van der Waals surface area contributed by atoms with E-state index in [9.17, 15) is 0 Å². The Morgan fingerprint density at radius 1 is 1.12 bits per heavy atom. The summed E-state index contributed by atoms with van der Waals surface area (Å²) < 4.78 is 5.38. The number of thiol groups is 1. The van der Waals surface area contributed by atoms with Gasteiger partial charge < -0.3 is 10.1 Å². The Morgan fingerprint density at radius 2 is 1.96 bits per heavy atom. The zero-order chi connectivity index (χ0) is 17.8. The highest BCUT2D eigenvalue weighted by Gasteiger charge is 2.13. The first-order valence-electron chi connectivity index (χ1n) is 8.20. The van der Waals surface area contributed by atoms with Gasteiger partial charge in [0.1, 0.15) is 5.75 Å². The Balaban J connectivity index is 2.09. The minimum atomic E-state index is 0.0268. The monoisotopic (exact) mass is 394 g/mol. The molecule has 0 fully saturated rings. The molecule has 6 heteroatoms. The van der Waals surface area contributed by atoms with Gasteiger partial charge in [0.25, 0.3) is 0 Å². The number of nitrogens with one attached hydrogen (secondary N) is 1. The van der Waals surface area contributed by atoms with Gasteiger partial charge in [-0.25, -0.2) is 4.98 Å². The van der Waals surface area contributed by atoms with Gasteiger partial charge in [-0.2, -0.15) is 12.6 Å². The molecule has 0 bridgehead atoms. The first-order chi connectivity index (χ1) is 12.1. The maximum atomic E-state index is 6.15. The van der Waals surface area contributed by atoms with E-state index in [0.29, 0.717) is 10.9 Å². The van der Waals surface area contributed by atoms with Gasteiger partial charge in [0.05, 0.1) is 29.2 Å². The number of fused-ring (bicyclic) bond motifs is 2. The molecule has 0 radical (unpaired) electrons. The van der Waals surface area contributed by atoms with E-state index in [1.807, 2.05) is 36.4 Å². The quantitative estimate of drug-likeness (QED) is 0.166. The van der Waals surface area contributed by atoms with Gasteiger partial charge in [0, 0.05) is 21.7 Å². The SMILES string of the molecule is COc1ccc2nc3cc(Cl)ccc3c(NC(S)CCCCCl)c2c1. The Hall–Kier alpha value is -1.36. The molecule has 0 aliphatic heterocycles.